The molecule has 0 saturated carbocycles. The van der Waals surface area contributed by atoms with Gasteiger partial charge in [-0.25, -0.2) is 0 Å². The van der Waals surface area contributed by atoms with Gasteiger partial charge in [0.2, 0.25) is 0 Å². The van der Waals surface area contributed by atoms with Crippen molar-refractivity contribution >= 4 is 11.3 Å². The third-order valence-corrected chi connectivity index (χ3v) is 3.92. The number of pyridine rings is 1. The Kier molecular flexibility index (Phi) is 4.50. The number of aromatic nitrogens is 1. The lowest BCUT2D eigenvalue weighted by Crippen LogP contribution is -2.25. The van der Waals surface area contributed by atoms with Gasteiger partial charge in [0, 0.05) is 23.2 Å². The van der Waals surface area contributed by atoms with Gasteiger partial charge in [-0.3, -0.25) is 4.98 Å². The molecule has 1 unspecified atom stereocenters. The van der Waals surface area contributed by atoms with E-state index in [1.54, 1.807) is 0 Å². The number of thiophene rings is 1. The van der Waals surface area contributed by atoms with E-state index in [1.165, 1.54) is 4.88 Å². The van der Waals surface area contributed by atoms with E-state index >= 15 is 0 Å². The number of hydrogen-bond acceptors (Lipinski definition) is 3. The summed E-state index contributed by atoms with van der Waals surface area (Å²) in [6.45, 7) is 7.35. The van der Waals surface area contributed by atoms with Gasteiger partial charge in [-0.15, -0.1) is 11.3 Å². The summed E-state index contributed by atoms with van der Waals surface area (Å²) in [5.74, 6) is 0.577. The molecule has 2 aromatic heterocycles. The summed E-state index contributed by atoms with van der Waals surface area (Å²) < 4.78 is 0. The second-order valence-corrected chi connectivity index (χ2v) is 5.87. The van der Waals surface area contributed by atoms with E-state index in [-0.39, 0.29) is 0 Å². The summed E-state index contributed by atoms with van der Waals surface area (Å²) in [5.41, 5.74) is 2.18. The topological polar surface area (TPSA) is 24.9 Å². The molecule has 2 nitrogen and oxygen atoms in total. The molecule has 96 valence electrons. The SMILES string of the molecule is Cc1cccc(CNC(c2cccs2)C(C)C)n1. The van der Waals surface area contributed by atoms with Crippen LogP contribution in [-0.4, -0.2) is 4.98 Å². The number of rotatable bonds is 5. The molecule has 3 heteroatoms. The van der Waals surface area contributed by atoms with Crippen LogP contribution in [0.15, 0.2) is 35.7 Å². The van der Waals surface area contributed by atoms with Gasteiger partial charge in [0.05, 0.1) is 5.69 Å². The second kappa shape index (κ2) is 6.12. The van der Waals surface area contributed by atoms with Crippen molar-refractivity contribution in [2.75, 3.05) is 0 Å². The summed E-state index contributed by atoms with van der Waals surface area (Å²) in [6, 6.07) is 10.9. The first kappa shape index (κ1) is 13.2. The van der Waals surface area contributed by atoms with Gasteiger partial charge in [-0.1, -0.05) is 26.0 Å². The van der Waals surface area contributed by atoms with Crippen LogP contribution < -0.4 is 5.32 Å². The largest absolute Gasteiger partial charge is 0.303 e. The maximum absolute atomic E-state index is 4.53. The van der Waals surface area contributed by atoms with Crippen molar-refractivity contribution in [3.63, 3.8) is 0 Å². The molecule has 0 aliphatic carbocycles. The standard InChI is InChI=1S/C15H20N2S/c1-11(2)15(14-8-5-9-18-14)16-10-13-7-4-6-12(3)17-13/h4-9,11,15-16H,10H2,1-3H3. The summed E-state index contributed by atoms with van der Waals surface area (Å²) in [7, 11) is 0. The molecule has 0 bridgehead atoms. The quantitative estimate of drug-likeness (QED) is 0.881. The van der Waals surface area contributed by atoms with Gasteiger partial charge in [0.1, 0.15) is 0 Å². The minimum Gasteiger partial charge on any atom is -0.303 e. The van der Waals surface area contributed by atoms with Crippen molar-refractivity contribution in [1.29, 1.82) is 0 Å². The Hall–Kier alpha value is -1.19. The van der Waals surface area contributed by atoms with Crippen LogP contribution in [0.2, 0.25) is 0 Å². The van der Waals surface area contributed by atoms with Crippen molar-refractivity contribution in [3.05, 3.63) is 52.0 Å². The molecule has 1 N–H and O–H groups in total. The van der Waals surface area contributed by atoms with Crippen molar-refractivity contribution in [2.45, 2.75) is 33.4 Å². The fraction of sp³-hybridized carbons (Fsp3) is 0.400. The third-order valence-electron chi connectivity index (χ3n) is 2.97. The highest BCUT2D eigenvalue weighted by Gasteiger charge is 2.16. The minimum atomic E-state index is 0.410. The Balaban J connectivity index is 2.03. The van der Waals surface area contributed by atoms with Crippen LogP contribution in [-0.2, 0) is 6.54 Å². The molecular weight excluding hydrogens is 240 g/mol. The number of nitrogens with zero attached hydrogens (tertiary/aromatic N) is 1. The van der Waals surface area contributed by atoms with Crippen LogP contribution in [0.25, 0.3) is 0 Å². The molecule has 0 amide bonds. The van der Waals surface area contributed by atoms with Crippen molar-refractivity contribution < 1.29 is 0 Å². The summed E-state index contributed by atoms with van der Waals surface area (Å²) in [5, 5.41) is 5.75. The maximum Gasteiger partial charge on any atom is 0.0545 e. The first-order chi connectivity index (χ1) is 8.66. The smallest absolute Gasteiger partial charge is 0.0545 e. The fourth-order valence-corrected chi connectivity index (χ4v) is 3.02. The molecule has 0 spiro atoms. The molecule has 2 heterocycles. The van der Waals surface area contributed by atoms with E-state index < -0.39 is 0 Å². The van der Waals surface area contributed by atoms with Gasteiger partial charge in [-0.05, 0) is 36.4 Å². The van der Waals surface area contributed by atoms with Crippen LogP contribution in [0.4, 0.5) is 0 Å². The zero-order valence-electron chi connectivity index (χ0n) is 11.2. The Morgan fingerprint density at radius 3 is 2.67 bits per heavy atom. The summed E-state index contributed by atoms with van der Waals surface area (Å²) in [6.07, 6.45) is 0. The number of hydrogen-bond donors (Lipinski definition) is 1. The molecule has 0 fully saturated rings. The monoisotopic (exact) mass is 260 g/mol. The average molecular weight is 260 g/mol. The maximum atomic E-state index is 4.53. The predicted molar refractivity (Wildman–Crippen MR) is 77.7 cm³/mol. The van der Waals surface area contributed by atoms with E-state index in [0.717, 1.165) is 17.9 Å². The lowest BCUT2D eigenvalue weighted by Gasteiger charge is -2.21. The van der Waals surface area contributed by atoms with E-state index in [9.17, 15) is 0 Å². The molecule has 2 aromatic rings. The third kappa shape index (κ3) is 3.40. The van der Waals surface area contributed by atoms with E-state index in [0.29, 0.717) is 12.0 Å². The van der Waals surface area contributed by atoms with Gasteiger partial charge in [0.15, 0.2) is 0 Å². The predicted octanol–water partition coefficient (Wildman–Crippen LogP) is 3.94. The van der Waals surface area contributed by atoms with Gasteiger partial charge in [-0.2, -0.15) is 0 Å². The van der Waals surface area contributed by atoms with Gasteiger partial charge >= 0.3 is 0 Å². The van der Waals surface area contributed by atoms with Crippen molar-refractivity contribution in [2.24, 2.45) is 5.92 Å². The molecule has 0 aliphatic heterocycles. The summed E-state index contributed by atoms with van der Waals surface area (Å²) in [4.78, 5) is 5.93. The highest BCUT2D eigenvalue weighted by atomic mass is 32.1. The Morgan fingerprint density at radius 2 is 2.06 bits per heavy atom. The van der Waals surface area contributed by atoms with Crippen LogP contribution >= 0.6 is 11.3 Å². The Labute approximate surface area is 113 Å². The normalized spacial score (nSPS) is 12.9. The van der Waals surface area contributed by atoms with Gasteiger partial charge < -0.3 is 5.32 Å². The molecule has 2 rings (SSSR count). The van der Waals surface area contributed by atoms with Crippen LogP contribution in [0.5, 0.6) is 0 Å². The number of nitrogens with one attached hydrogen (secondary N) is 1. The fourth-order valence-electron chi connectivity index (χ4n) is 2.05. The molecular formula is C15H20N2S. The molecule has 18 heavy (non-hydrogen) atoms. The highest BCUT2D eigenvalue weighted by Crippen LogP contribution is 2.25. The Bertz CT molecular complexity index is 477. The average Bonchev–Trinajstić information content (AvgIpc) is 2.82. The van der Waals surface area contributed by atoms with E-state index in [1.807, 2.05) is 24.3 Å². The zero-order valence-corrected chi connectivity index (χ0v) is 12.0. The lowest BCUT2D eigenvalue weighted by atomic mass is 10.0. The second-order valence-electron chi connectivity index (χ2n) is 4.89. The minimum absolute atomic E-state index is 0.410. The van der Waals surface area contributed by atoms with Crippen molar-refractivity contribution in [3.8, 4) is 0 Å². The molecule has 0 aliphatic rings. The molecule has 0 saturated heterocycles. The zero-order chi connectivity index (χ0) is 13.0. The van der Waals surface area contributed by atoms with E-state index in [2.05, 4.69) is 53.8 Å². The van der Waals surface area contributed by atoms with E-state index in [4.69, 9.17) is 0 Å². The summed E-state index contributed by atoms with van der Waals surface area (Å²) >= 11 is 1.81. The van der Waals surface area contributed by atoms with Gasteiger partial charge in [0.25, 0.3) is 0 Å². The van der Waals surface area contributed by atoms with Crippen LogP contribution in [0.3, 0.4) is 0 Å². The first-order valence-electron chi connectivity index (χ1n) is 6.36. The Morgan fingerprint density at radius 1 is 1.22 bits per heavy atom. The number of aryl methyl sites for hydroxylation is 1. The molecule has 0 radical (unpaired) electrons. The highest BCUT2D eigenvalue weighted by molar-refractivity contribution is 7.10. The lowest BCUT2D eigenvalue weighted by molar-refractivity contribution is 0.414. The molecule has 0 aromatic carbocycles. The van der Waals surface area contributed by atoms with Crippen molar-refractivity contribution in [1.82, 2.24) is 10.3 Å². The first-order valence-corrected chi connectivity index (χ1v) is 7.24. The van der Waals surface area contributed by atoms with Crippen LogP contribution in [0.1, 0.15) is 36.2 Å². The molecule has 1 atom stereocenters. The van der Waals surface area contributed by atoms with Crippen LogP contribution in [0, 0.1) is 12.8 Å².